The predicted octanol–water partition coefficient (Wildman–Crippen LogP) is 0.369. The third kappa shape index (κ3) is 2.94. The molecular weight excluding hydrogens is 248 g/mol. The zero-order valence-corrected chi connectivity index (χ0v) is 11.0. The molecule has 1 N–H and O–H groups in total. The smallest absolute Gasteiger partial charge is 0.328 e. The number of hydrogen-bond donors (Lipinski definition) is 1. The highest BCUT2D eigenvalue weighted by Gasteiger charge is 2.18. The largest absolute Gasteiger partial charge is 0.466 e. The summed E-state index contributed by atoms with van der Waals surface area (Å²) in [5.41, 5.74) is 0.751. The Morgan fingerprint density at radius 3 is 2.79 bits per heavy atom. The number of aromatic nitrogens is 2. The summed E-state index contributed by atoms with van der Waals surface area (Å²) in [6.07, 6.45) is 3.50. The Bertz CT molecular complexity index is 585. The fourth-order valence-corrected chi connectivity index (χ4v) is 2.47. The van der Waals surface area contributed by atoms with Crippen molar-refractivity contribution in [2.75, 3.05) is 6.61 Å². The molecule has 0 fully saturated rings. The molecule has 104 valence electrons. The number of hydrogen-bond acceptors (Lipinski definition) is 4. The maximum absolute atomic E-state index is 11.8. The minimum Gasteiger partial charge on any atom is -0.466 e. The van der Waals surface area contributed by atoms with Crippen LogP contribution in [0.1, 0.15) is 37.4 Å². The van der Waals surface area contributed by atoms with E-state index < -0.39 is 5.69 Å². The number of carbonyl (C=O) groups is 1. The number of H-pyrrole nitrogens is 1. The van der Waals surface area contributed by atoms with Gasteiger partial charge in [-0.05, 0) is 32.6 Å². The maximum atomic E-state index is 11.8. The van der Waals surface area contributed by atoms with Crippen LogP contribution < -0.4 is 11.2 Å². The highest BCUT2D eigenvalue weighted by molar-refractivity contribution is 5.69. The summed E-state index contributed by atoms with van der Waals surface area (Å²) in [4.78, 5) is 37.2. The van der Waals surface area contributed by atoms with Crippen LogP contribution in [0, 0.1) is 0 Å². The van der Waals surface area contributed by atoms with Gasteiger partial charge in [0.2, 0.25) is 0 Å². The van der Waals surface area contributed by atoms with Gasteiger partial charge in [-0.1, -0.05) is 0 Å². The van der Waals surface area contributed by atoms with Gasteiger partial charge in [-0.25, -0.2) is 4.79 Å². The summed E-state index contributed by atoms with van der Waals surface area (Å²) in [6, 6.07) is 0. The second-order valence-corrected chi connectivity index (χ2v) is 4.60. The first-order valence-electron chi connectivity index (χ1n) is 6.64. The Kier molecular flexibility index (Phi) is 4.19. The molecule has 0 aliphatic heterocycles. The average molecular weight is 266 g/mol. The van der Waals surface area contributed by atoms with Gasteiger partial charge in [0.1, 0.15) is 0 Å². The molecule has 1 aliphatic carbocycles. The molecule has 6 heteroatoms. The van der Waals surface area contributed by atoms with Gasteiger partial charge in [0, 0.05) is 17.8 Å². The van der Waals surface area contributed by atoms with Crippen molar-refractivity contribution < 1.29 is 9.53 Å². The molecule has 0 aromatic carbocycles. The molecule has 0 bridgehead atoms. The second kappa shape index (κ2) is 5.86. The normalized spacial score (nSPS) is 13.9. The maximum Gasteiger partial charge on any atom is 0.328 e. The van der Waals surface area contributed by atoms with Gasteiger partial charge in [0.15, 0.2) is 0 Å². The predicted molar refractivity (Wildman–Crippen MR) is 69.2 cm³/mol. The van der Waals surface area contributed by atoms with Crippen molar-refractivity contribution in [2.24, 2.45) is 0 Å². The molecule has 1 aromatic rings. The Labute approximate surface area is 110 Å². The topological polar surface area (TPSA) is 81.2 Å². The molecule has 19 heavy (non-hydrogen) atoms. The van der Waals surface area contributed by atoms with Crippen LogP contribution >= 0.6 is 0 Å². The Balaban J connectivity index is 2.27. The first-order valence-corrected chi connectivity index (χ1v) is 6.64. The zero-order valence-electron chi connectivity index (χ0n) is 11.0. The molecule has 1 aromatic heterocycles. The first-order chi connectivity index (χ1) is 9.13. The monoisotopic (exact) mass is 266 g/mol. The number of carbonyl (C=O) groups excluding carboxylic acids is 1. The highest BCUT2D eigenvalue weighted by Crippen LogP contribution is 2.16. The van der Waals surface area contributed by atoms with Gasteiger partial charge < -0.3 is 4.74 Å². The fraction of sp³-hybridized carbons (Fsp3) is 0.615. The summed E-state index contributed by atoms with van der Waals surface area (Å²) < 4.78 is 6.35. The Hall–Kier alpha value is -1.85. The van der Waals surface area contributed by atoms with E-state index in [-0.39, 0.29) is 24.5 Å². The van der Waals surface area contributed by atoms with Crippen LogP contribution in [0.3, 0.4) is 0 Å². The zero-order chi connectivity index (χ0) is 13.8. The van der Waals surface area contributed by atoms with E-state index in [1.807, 2.05) is 0 Å². The number of esters is 1. The van der Waals surface area contributed by atoms with Crippen molar-refractivity contribution >= 4 is 5.97 Å². The van der Waals surface area contributed by atoms with Gasteiger partial charge in [0.05, 0.1) is 13.0 Å². The van der Waals surface area contributed by atoms with Crippen LogP contribution in [-0.4, -0.2) is 22.1 Å². The molecule has 0 saturated heterocycles. The third-order valence-corrected chi connectivity index (χ3v) is 3.35. The number of nitrogens with one attached hydrogen (secondary N) is 1. The van der Waals surface area contributed by atoms with E-state index in [4.69, 9.17) is 4.74 Å². The molecule has 0 radical (unpaired) electrons. The fourth-order valence-electron chi connectivity index (χ4n) is 2.47. The van der Waals surface area contributed by atoms with Crippen LogP contribution in [0.4, 0.5) is 0 Å². The average Bonchev–Trinajstić information content (AvgIpc) is 2.39. The summed E-state index contributed by atoms with van der Waals surface area (Å²) in [5, 5.41) is 0. The molecular formula is C13H18N2O4. The van der Waals surface area contributed by atoms with Crippen molar-refractivity contribution in [1.82, 2.24) is 9.55 Å². The van der Waals surface area contributed by atoms with E-state index in [9.17, 15) is 14.4 Å². The van der Waals surface area contributed by atoms with Gasteiger partial charge >= 0.3 is 11.7 Å². The van der Waals surface area contributed by atoms with Gasteiger partial charge in [0.25, 0.3) is 5.56 Å². The van der Waals surface area contributed by atoms with Crippen molar-refractivity contribution in [3.05, 3.63) is 32.1 Å². The lowest BCUT2D eigenvalue weighted by atomic mass is 9.97. The van der Waals surface area contributed by atoms with Crippen LogP contribution in [0.5, 0.6) is 0 Å². The number of ether oxygens (including phenoxy) is 1. The van der Waals surface area contributed by atoms with Crippen LogP contribution in [0.2, 0.25) is 0 Å². The van der Waals surface area contributed by atoms with Crippen LogP contribution in [0.15, 0.2) is 9.59 Å². The summed E-state index contributed by atoms with van der Waals surface area (Å²) in [5.74, 6) is -0.329. The SMILES string of the molecule is CCOC(=O)CCn1c2c(c(=O)[nH]c1=O)CCCC2. The molecule has 0 saturated carbocycles. The molecule has 0 atom stereocenters. The minimum absolute atomic E-state index is 0.145. The summed E-state index contributed by atoms with van der Waals surface area (Å²) >= 11 is 0. The van der Waals surface area contributed by atoms with E-state index in [0.717, 1.165) is 25.0 Å². The molecule has 0 unspecified atom stereocenters. The molecule has 6 nitrogen and oxygen atoms in total. The van der Waals surface area contributed by atoms with E-state index in [0.29, 0.717) is 18.6 Å². The molecule has 0 spiro atoms. The Morgan fingerprint density at radius 2 is 2.05 bits per heavy atom. The highest BCUT2D eigenvalue weighted by atomic mass is 16.5. The van der Waals surface area contributed by atoms with Crippen molar-refractivity contribution in [2.45, 2.75) is 45.6 Å². The van der Waals surface area contributed by atoms with E-state index in [1.54, 1.807) is 6.92 Å². The van der Waals surface area contributed by atoms with Gasteiger partial charge in [-0.2, -0.15) is 0 Å². The van der Waals surface area contributed by atoms with E-state index in [1.165, 1.54) is 4.57 Å². The summed E-state index contributed by atoms with van der Waals surface area (Å²) in [6.45, 7) is 2.33. The number of fused-ring (bicyclic) bond motifs is 1. The molecule has 1 aliphatic rings. The van der Waals surface area contributed by atoms with Crippen molar-refractivity contribution in [1.29, 1.82) is 0 Å². The van der Waals surface area contributed by atoms with Crippen molar-refractivity contribution in [3.8, 4) is 0 Å². The van der Waals surface area contributed by atoms with Crippen LogP contribution in [0.25, 0.3) is 0 Å². The van der Waals surface area contributed by atoms with Gasteiger partial charge in [-0.15, -0.1) is 0 Å². The number of rotatable bonds is 4. The number of aromatic amines is 1. The van der Waals surface area contributed by atoms with E-state index >= 15 is 0 Å². The quantitative estimate of drug-likeness (QED) is 0.798. The third-order valence-electron chi connectivity index (χ3n) is 3.35. The molecule has 2 rings (SSSR count). The first kappa shape index (κ1) is 13.6. The van der Waals surface area contributed by atoms with Gasteiger partial charge in [-0.3, -0.25) is 19.1 Å². The van der Waals surface area contributed by atoms with Crippen LogP contribution in [-0.2, 0) is 28.9 Å². The lowest BCUT2D eigenvalue weighted by Gasteiger charge is -2.19. The second-order valence-electron chi connectivity index (χ2n) is 4.60. The molecule has 1 heterocycles. The minimum atomic E-state index is -0.435. The standard InChI is InChI=1S/C13H18N2O4/c1-2-19-11(16)7-8-15-10-6-4-3-5-9(10)12(17)14-13(15)18/h2-8H2,1H3,(H,14,17,18). The Morgan fingerprint density at radius 1 is 1.32 bits per heavy atom. The van der Waals surface area contributed by atoms with Crippen molar-refractivity contribution in [3.63, 3.8) is 0 Å². The molecule has 0 amide bonds. The summed E-state index contributed by atoms with van der Waals surface area (Å²) in [7, 11) is 0. The number of nitrogens with zero attached hydrogens (tertiary/aromatic N) is 1. The van der Waals surface area contributed by atoms with E-state index in [2.05, 4.69) is 4.98 Å². The lowest BCUT2D eigenvalue weighted by molar-refractivity contribution is -0.143. The lowest BCUT2D eigenvalue weighted by Crippen LogP contribution is -2.37.